The summed E-state index contributed by atoms with van der Waals surface area (Å²) in [5, 5.41) is 11.9. The van der Waals surface area contributed by atoms with Crippen molar-refractivity contribution >= 4 is 33.7 Å². The van der Waals surface area contributed by atoms with E-state index in [0.717, 1.165) is 4.90 Å². The summed E-state index contributed by atoms with van der Waals surface area (Å²) in [6.45, 7) is -0.646. The number of benzene rings is 1. The van der Waals surface area contributed by atoms with Crippen LogP contribution in [0.15, 0.2) is 22.7 Å². The molecule has 0 aliphatic rings. The minimum absolute atomic E-state index is 0.0499. The Morgan fingerprint density at radius 2 is 2.05 bits per heavy atom. The van der Waals surface area contributed by atoms with Crippen LogP contribution in [-0.4, -0.2) is 55.0 Å². The highest BCUT2D eigenvalue weighted by Crippen LogP contribution is 2.22. The topological polar surface area (TPSA) is 95.9 Å². The van der Waals surface area contributed by atoms with Gasteiger partial charge < -0.3 is 20.1 Å². The molecule has 8 heteroatoms. The fraction of sp³-hybridized carbons (Fsp3) is 0.308. The number of carbonyl (C=O) groups excluding carboxylic acids is 3. The van der Waals surface area contributed by atoms with Gasteiger partial charge in [-0.15, -0.1) is 0 Å². The Balaban J connectivity index is 2.58. The summed E-state index contributed by atoms with van der Waals surface area (Å²) < 4.78 is 5.41. The van der Waals surface area contributed by atoms with Crippen molar-refractivity contribution in [2.24, 2.45) is 0 Å². The number of hydrogen-bond acceptors (Lipinski definition) is 5. The molecule has 0 unspecified atom stereocenters. The van der Waals surface area contributed by atoms with Gasteiger partial charge in [0.25, 0.3) is 5.91 Å². The molecule has 21 heavy (non-hydrogen) atoms. The second-order valence-corrected chi connectivity index (χ2v) is 5.08. The van der Waals surface area contributed by atoms with Crippen molar-refractivity contribution in [3.63, 3.8) is 0 Å². The van der Waals surface area contributed by atoms with E-state index in [9.17, 15) is 19.5 Å². The van der Waals surface area contributed by atoms with Gasteiger partial charge in [-0.05, 0) is 18.2 Å². The summed E-state index contributed by atoms with van der Waals surface area (Å²) in [6.07, 6.45) is 0. The molecule has 114 valence electrons. The van der Waals surface area contributed by atoms with Gasteiger partial charge in [0.05, 0.1) is 6.54 Å². The fourth-order valence-electron chi connectivity index (χ4n) is 1.37. The molecule has 7 nitrogen and oxygen atoms in total. The lowest BCUT2D eigenvalue weighted by atomic mass is 10.2. The Hall–Kier alpha value is -2.09. The van der Waals surface area contributed by atoms with Crippen LogP contribution in [0.3, 0.4) is 0 Å². The molecular formula is C13H15BrN2O5. The number of nitrogens with one attached hydrogen (secondary N) is 1. The molecule has 2 amide bonds. The van der Waals surface area contributed by atoms with Crippen molar-refractivity contribution in [1.82, 2.24) is 10.2 Å². The second-order valence-electron chi connectivity index (χ2n) is 4.16. The summed E-state index contributed by atoms with van der Waals surface area (Å²) in [6, 6.07) is 4.28. The molecule has 0 saturated heterocycles. The maximum Gasteiger partial charge on any atom is 0.342 e. The number of esters is 1. The fourth-order valence-corrected chi connectivity index (χ4v) is 1.73. The highest BCUT2D eigenvalue weighted by Gasteiger charge is 2.17. The van der Waals surface area contributed by atoms with Gasteiger partial charge in [0.15, 0.2) is 6.61 Å². The number of ether oxygens (including phenoxy) is 1. The highest BCUT2D eigenvalue weighted by atomic mass is 79.9. The summed E-state index contributed by atoms with van der Waals surface area (Å²) in [4.78, 5) is 35.7. The van der Waals surface area contributed by atoms with Crippen LogP contribution in [0.1, 0.15) is 10.4 Å². The van der Waals surface area contributed by atoms with Crippen LogP contribution in [0, 0.1) is 0 Å². The Morgan fingerprint density at radius 3 is 2.67 bits per heavy atom. The predicted molar refractivity (Wildman–Crippen MR) is 77.8 cm³/mol. The quantitative estimate of drug-likeness (QED) is 0.748. The van der Waals surface area contributed by atoms with Crippen LogP contribution >= 0.6 is 15.9 Å². The molecule has 0 atom stereocenters. The van der Waals surface area contributed by atoms with Gasteiger partial charge in [-0.3, -0.25) is 9.59 Å². The van der Waals surface area contributed by atoms with Crippen LogP contribution in [0.25, 0.3) is 0 Å². The number of aromatic hydroxyl groups is 1. The standard InChI is InChI=1S/C13H15BrN2O5/c1-15-11(18)6-16(2)12(19)7-21-13(20)9-5-8(14)3-4-10(9)17/h3-5,17H,6-7H2,1-2H3,(H,15,18). The first kappa shape index (κ1) is 17.0. The Kier molecular flexibility index (Phi) is 6.16. The zero-order chi connectivity index (χ0) is 16.0. The van der Waals surface area contributed by atoms with Crippen LogP contribution in [-0.2, 0) is 14.3 Å². The van der Waals surface area contributed by atoms with Gasteiger partial charge in [-0.25, -0.2) is 4.79 Å². The molecule has 0 bridgehead atoms. The molecule has 0 aliphatic heterocycles. The van der Waals surface area contributed by atoms with Gasteiger partial charge in [0.1, 0.15) is 11.3 Å². The average molecular weight is 359 g/mol. The molecule has 0 spiro atoms. The number of amides is 2. The molecule has 0 aliphatic carbocycles. The zero-order valence-corrected chi connectivity index (χ0v) is 13.1. The van der Waals surface area contributed by atoms with E-state index in [0.29, 0.717) is 4.47 Å². The third-order valence-corrected chi connectivity index (χ3v) is 3.08. The SMILES string of the molecule is CNC(=O)CN(C)C(=O)COC(=O)c1cc(Br)ccc1O. The molecule has 1 aromatic rings. The maximum absolute atomic E-state index is 11.8. The molecule has 0 radical (unpaired) electrons. The predicted octanol–water partition coefficient (Wildman–Crippen LogP) is 0.516. The lowest BCUT2D eigenvalue weighted by Gasteiger charge is -2.16. The molecule has 0 heterocycles. The first-order chi connectivity index (χ1) is 9.85. The smallest absolute Gasteiger partial charge is 0.342 e. The van der Waals surface area contributed by atoms with Crippen LogP contribution in [0.5, 0.6) is 5.75 Å². The van der Waals surface area contributed by atoms with Gasteiger partial charge in [-0.2, -0.15) is 0 Å². The Morgan fingerprint density at radius 1 is 1.38 bits per heavy atom. The summed E-state index contributed by atoms with van der Waals surface area (Å²) in [5.41, 5.74) is -0.0499. The maximum atomic E-state index is 11.8. The van der Waals surface area contributed by atoms with E-state index >= 15 is 0 Å². The number of rotatable bonds is 5. The van der Waals surface area contributed by atoms with Crippen LogP contribution < -0.4 is 5.32 Å². The Bertz CT molecular complexity index is 561. The summed E-state index contributed by atoms with van der Waals surface area (Å²) >= 11 is 3.16. The Labute approximate surface area is 130 Å². The summed E-state index contributed by atoms with van der Waals surface area (Å²) in [5.74, 6) is -1.92. The number of phenolic OH excluding ortho intramolecular Hbond substituents is 1. The van der Waals surface area contributed by atoms with E-state index in [1.165, 1.54) is 26.2 Å². The third kappa shape index (κ3) is 5.07. The number of nitrogens with zero attached hydrogens (tertiary/aromatic N) is 1. The normalized spacial score (nSPS) is 9.86. The lowest BCUT2D eigenvalue weighted by molar-refractivity contribution is -0.137. The molecular weight excluding hydrogens is 344 g/mol. The van der Waals surface area contributed by atoms with Crippen molar-refractivity contribution < 1.29 is 24.2 Å². The second kappa shape index (κ2) is 7.63. The number of hydrogen-bond donors (Lipinski definition) is 2. The zero-order valence-electron chi connectivity index (χ0n) is 11.6. The van der Waals surface area contributed by atoms with Crippen molar-refractivity contribution in [3.05, 3.63) is 28.2 Å². The van der Waals surface area contributed by atoms with Crippen molar-refractivity contribution in [2.45, 2.75) is 0 Å². The molecule has 0 saturated carbocycles. The average Bonchev–Trinajstić information content (AvgIpc) is 2.46. The number of halogens is 1. The van der Waals surface area contributed by atoms with Crippen molar-refractivity contribution in [3.8, 4) is 5.75 Å². The monoisotopic (exact) mass is 358 g/mol. The minimum atomic E-state index is -0.824. The number of phenols is 1. The van der Waals surface area contributed by atoms with E-state index in [2.05, 4.69) is 21.2 Å². The largest absolute Gasteiger partial charge is 0.507 e. The van der Waals surface area contributed by atoms with E-state index in [-0.39, 0.29) is 23.8 Å². The van der Waals surface area contributed by atoms with E-state index in [1.807, 2.05) is 0 Å². The molecule has 2 N–H and O–H groups in total. The number of carbonyl (C=O) groups is 3. The first-order valence-corrected chi connectivity index (χ1v) is 6.74. The van der Waals surface area contributed by atoms with Gasteiger partial charge in [-0.1, -0.05) is 15.9 Å². The lowest BCUT2D eigenvalue weighted by Crippen LogP contribution is -2.39. The first-order valence-electron chi connectivity index (χ1n) is 5.95. The van der Waals surface area contributed by atoms with Crippen molar-refractivity contribution in [1.29, 1.82) is 0 Å². The van der Waals surface area contributed by atoms with Gasteiger partial charge in [0.2, 0.25) is 5.91 Å². The third-order valence-electron chi connectivity index (χ3n) is 2.59. The molecule has 1 aromatic carbocycles. The number of likely N-dealkylation sites (N-methyl/N-ethyl adjacent to an activating group) is 2. The summed E-state index contributed by atoms with van der Waals surface area (Å²) in [7, 11) is 2.87. The highest BCUT2D eigenvalue weighted by molar-refractivity contribution is 9.10. The molecule has 0 aromatic heterocycles. The van der Waals surface area contributed by atoms with E-state index < -0.39 is 18.5 Å². The molecule has 0 fully saturated rings. The minimum Gasteiger partial charge on any atom is -0.507 e. The van der Waals surface area contributed by atoms with Gasteiger partial charge >= 0.3 is 5.97 Å². The van der Waals surface area contributed by atoms with Gasteiger partial charge in [0, 0.05) is 18.6 Å². The van der Waals surface area contributed by atoms with Crippen LogP contribution in [0.2, 0.25) is 0 Å². The van der Waals surface area contributed by atoms with E-state index in [4.69, 9.17) is 4.74 Å². The molecule has 1 rings (SSSR count). The van der Waals surface area contributed by atoms with E-state index in [1.54, 1.807) is 6.07 Å². The van der Waals surface area contributed by atoms with Crippen LogP contribution in [0.4, 0.5) is 0 Å². The van der Waals surface area contributed by atoms with Crippen molar-refractivity contribution in [2.75, 3.05) is 27.2 Å².